The fourth-order valence-corrected chi connectivity index (χ4v) is 7.21. The molecule has 16 nitrogen and oxygen atoms in total. The maximum atomic E-state index is 13.3. The number of β-lactam (4-membered cyclic amide) rings is 1. The summed E-state index contributed by atoms with van der Waals surface area (Å²) in [5.74, 6) is -4.46. The Hall–Kier alpha value is -4.68. The predicted octanol–water partition coefficient (Wildman–Crippen LogP) is -0.945. The first-order valence-corrected chi connectivity index (χ1v) is 15.9. The third-order valence-corrected chi connectivity index (χ3v) is 9.54. The summed E-state index contributed by atoms with van der Waals surface area (Å²) >= 11 is 8.26. The third kappa shape index (κ3) is 6.49. The molecule has 0 saturated carbocycles. The summed E-state index contributed by atoms with van der Waals surface area (Å²) in [5.41, 5.74) is 6.85. The lowest BCUT2D eigenvalue weighted by atomic mass is 10.0. The molecule has 3 atom stereocenters. The highest BCUT2D eigenvalue weighted by Crippen LogP contribution is 2.40. The van der Waals surface area contributed by atoms with Crippen LogP contribution in [0.3, 0.4) is 0 Å². The average molecular weight is 691 g/mol. The van der Waals surface area contributed by atoms with Gasteiger partial charge in [-0.3, -0.25) is 19.3 Å². The van der Waals surface area contributed by atoms with Crippen molar-refractivity contribution in [3.05, 3.63) is 51.9 Å². The Morgan fingerprint density at radius 1 is 1.35 bits per heavy atom. The van der Waals surface area contributed by atoms with Crippen molar-refractivity contribution in [3.8, 4) is 0 Å². The Kier molecular flexibility index (Phi) is 9.50. The largest absolute Gasteiger partial charge is 0.543 e. The van der Waals surface area contributed by atoms with Gasteiger partial charge in [-0.05, 0) is 13.0 Å². The number of anilines is 1. The third-order valence-electron chi connectivity index (χ3n) is 7.12. The number of halogens is 1. The summed E-state index contributed by atoms with van der Waals surface area (Å²) in [7, 11) is 0. The van der Waals surface area contributed by atoms with E-state index in [1.165, 1.54) is 25.6 Å². The molecule has 1 saturated heterocycles. The number of amides is 3. The van der Waals surface area contributed by atoms with Crippen molar-refractivity contribution in [1.82, 2.24) is 25.1 Å². The number of carboxylic acids is 2. The SMILES string of the molecule is CC(=O)NCCn1ccc2c1ccc[n+]2CC1=C(C(=O)[O-])N2C(=O)[C@@H](NC(=O)/C(=N\O[C@@H](C)C(=O)O)c3nc(N)sc3Cl)[C@H]2SC1. The van der Waals surface area contributed by atoms with Crippen LogP contribution in [0.5, 0.6) is 0 Å². The summed E-state index contributed by atoms with van der Waals surface area (Å²) in [6.07, 6.45) is 2.24. The van der Waals surface area contributed by atoms with Gasteiger partial charge in [-0.1, -0.05) is 28.1 Å². The van der Waals surface area contributed by atoms with Gasteiger partial charge < -0.3 is 40.8 Å². The number of carbonyl (C=O) groups is 5. The highest BCUT2D eigenvalue weighted by Gasteiger charge is 2.53. The second-order valence-corrected chi connectivity index (χ2v) is 12.9. The summed E-state index contributed by atoms with van der Waals surface area (Å²) < 4.78 is 3.80. The van der Waals surface area contributed by atoms with Crippen molar-refractivity contribution < 1.29 is 43.6 Å². The number of thiazole rings is 1. The molecular weight excluding hydrogens is 664 g/mol. The number of hydrogen-bond donors (Lipinski definition) is 4. The van der Waals surface area contributed by atoms with Crippen LogP contribution in [0.15, 0.2) is 47.0 Å². The van der Waals surface area contributed by atoms with E-state index in [4.69, 9.17) is 27.3 Å². The number of oxime groups is 1. The standard InChI is InChI=1S/C27H27ClN8O8S2/c1-12(25(40)41)44-33-18(17-21(28)46-27(29)32-17)22(38)31-19-23(39)36-20(26(42)43)14(11-45-24(19)36)10-35-7-3-4-15-16(35)5-8-34(15)9-6-30-13(2)37/h3-5,7-8,12,19,24H,6,9-11H2,1-2H3,(H5-,29,30,31,32,37,38,40,41,42,43)/b33-18-/t12-,19+,24+/m0/s1. The van der Waals surface area contributed by atoms with E-state index in [1.807, 2.05) is 33.5 Å². The zero-order valence-corrected chi connectivity index (χ0v) is 26.6. The van der Waals surface area contributed by atoms with Crippen LogP contribution in [-0.4, -0.2) is 84.7 Å². The van der Waals surface area contributed by atoms with E-state index in [2.05, 4.69) is 20.8 Å². The van der Waals surface area contributed by atoms with E-state index >= 15 is 0 Å². The topological polar surface area (TPSA) is 225 Å². The minimum absolute atomic E-state index is 0.00639. The molecule has 2 aliphatic rings. The summed E-state index contributed by atoms with van der Waals surface area (Å²) in [6, 6.07) is 4.45. The minimum atomic E-state index is -1.54. The molecule has 242 valence electrons. The maximum Gasteiger partial charge on any atom is 0.347 e. The molecule has 0 spiro atoms. The average Bonchev–Trinajstić information content (AvgIpc) is 3.57. The molecule has 3 amide bonds. The Morgan fingerprint density at radius 3 is 2.76 bits per heavy atom. The van der Waals surface area contributed by atoms with Crippen LogP contribution < -0.4 is 26.0 Å². The van der Waals surface area contributed by atoms with Gasteiger partial charge >= 0.3 is 5.97 Å². The zero-order chi connectivity index (χ0) is 33.3. The lowest BCUT2D eigenvalue weighted by Gasteiger charge is -2.50. The quantitative estimate of drug-likeness (QED) is 0.0785. The van der Waals surface area contributed by atoms with Crippen LogP contribution in [-0.2, 0) is 41.9 Å². The van der Waals surface area contributed by atoms with E-state index in [0.29, 0.717) is 18.7 Å². The molecule has 0 aliphatic carbocycles. The molecule has 3 aromatic heterocycles. The van der Waals surface area contributed by atoms with E-state index in [0.717, 1.165) is 27.3 Å². The molecule has 5 heterocycles. The molecule has 3 aromatic rings. The number of fused-ring (bicyclic) bond motifs is 2. The number of nitrogen functional groups attached to an aromatic ring is 1. The molecule has 0 aromatic carbocycles. The first-order chi connectivity index (χ1) is 21.9. The van der Waals surface area contributed by atoms with Crippen molar-refractivity contribution in [1.29, 1.82) is 0 Å². The van der Waals surface area contributed by atoms with Crippen LogP contribution in [0.25, 0.3) is 11.0 Å². The second kappa shape index (κ2) is 13.4. The van der Waals surface area contributed by atoms with Crippen molar-refractivity contribution in [2.75, 3.05) is 18.0 Å². The van der Waals surface area contributed by atoms with Crippen LogP contribution in [0.4, 0.5) is 5.13 Å². The first kappa shape index (κ1) is 32.7. The minimum Gasteiger partial charge on any atom is -0.543 e. The molecule has 5 N–H and O–H groups in total. The van der Waals surface area contributed by atoms with Gasteiger partial charge in [0.15, 0.2) is 23.6 Å². The molecule has 0 unspecified atom stereocenters. The number of aromatic nitrogens is 3. The number of thioether (sulfide) groups is 1. The smallest absolute Gasteiger partial charge is 0.347 e. The highest BCUT2D eigenvalue weighted by atomic mass is 35.5. The lowest BCUT2D eigenvalue weighted by molar-refractivity contribution is -0.663. The number of hydrogen-bond acceptors (Lipinski definition) is 12. The summed E-state index contributed by atoms with van der Waals surface area (Å²) in [4.78, 5) is 71.4. The normalized spacial score (nSPS) is 18.5. The molecule has 0 radical (unpaired) electrons. The number of nitrogens with one attached hydrogen (secondary N) is 2. The molecule has 5 rings (SSSR count). The number of nitrogens with two attached hydrogens (primary N) is 1. The van der Waals surface area contributed by atoms with Gasteiger partial charge in [-0.15, -0.1) is 11.8 Å². The van der Waals surface area contributed by atoms with Gasteiger partial charge in [0.2, 0.25) is 17.5 Å². The molecular formula is C27H27ClN8O8S2. The van der Waals surface area contributed by atoms with Crippen molar-refractivity contribution >= 4 is 86.2 Å². The molecule has 46 heavy (non-hydrogen) atoms. The van der Waals surface area contributed by atoms with E-state index < -0.39 is 47.0 Å². The Labute approximate surface area is 273 Å². The summed E-state index contributed by atoms with van der Waals surface area (Å²) in [5, 5.41) is 29.6. The van der Waals surface area contributed by atoms with Crippen LogP contribution in [0.1, 0.15) is 19.5 Å². The second-order valence-electron chi connectivity index (χ2n) is 10.2. The van der Waals surface area contributed by atoms with Crippen molar-refractivity contribution in [3.63, 3.8) is 0 Å². The fraction of sp³-hybridized carbons (Fsp3) is 0.333. The number of carbonyl (C=O) groups excluding carboxylic acids is 4. The first-order valence-electron chi connectivity index (χ1n) is 13.7. The van der Waals surface area contributed by atoms with E-state index in [9.17, 15) is 29.1 Å². The van der Waals surface area contributed by atoms with Crippen molar-refractivity contribution in [2.45, 2.75) is 44.5 Å². The van der Waals surface area contributed by atoms with Gasteiger partial charge in [0, 0.05) is 49.7 Å². The van der Waals surface area contributed by atoms with Crippen LogP contribution in [0, 0.1) is 0 Å². The molecule has 19 heteroatoms. The van der Waals surface area contributed by atoms with Gasteiger partial charge in [0.1, 0.15) is 27.0 Å². The number of nitrogens with zero attached hydrogens (tertiary/aromatic N) is 5. The number of pyridine rings is 1. The van der Waals surface area contributed by atoms with Gasteiger partial charge in [-0.25, -0.2) is 9.78 Å². The number of rotatable bonds is 12. The van der Waals surface area contributed by atoms with Gasteiger partial charge in [-0.2, -0.15) is 4.57 Å². The number of carboxylic acid groups (broad SMARTS) is 2. The maximum absolute atomic E-state index is 13.3. The Balaban J connectivity index is 1.36. The Morgan fingerprint density at radius 2 is 2.11 bits per heavy atom. The fourth-order valence-electron chi connectivity index (χ4n) is 4.94. The van der Waals surface area contributed by atoms with E-state index in [1.54, 1.807) is 6.20 Å². The van der Waals surface area contributed by atoms with Crippen molar-refractivity contribution in [2.24, 2.45) is 5.16 Å². The lowest BCUT2D eigenvalue weighted by Crippen LogP contribution is -2.71. The monoisotopic (exact) mass is 690 g/mol. The summed E-state index contributed by atoms with van der Waals surface area (Å²) in [6.45, 7) is 3.76. The van der Waals surface area contributed by atoms with Crippen LogP contribution in [0.2, 0.25) is 4.34 Å². The van der Waals surface area contributed by atoms with Gasteiger partial charge in [0.25, 0.3) is 11.8 Å². The Bertz CT molecular complexity index is 1820. The zero-order valence-electron chi connectivity index (χ0n) is 24.3. The van der Waals surface area contributed by atoms with E-state index in [-0.39, 0.29) is 39.1 Å². The predicted molar refractivity (Wildman–Crippen MR) is 164 cm³/mol. The molecule has 0 bridgehead atoms. The molecule has 2 aliphatic heterocycles. The molecule has 1 fully saturated rings. The van der Waals surface area contributed by atoms with Crippen LogP contribution >= 0.6 is 34.7 Å². The number of aliphatic carboxylic acids is 2. The highest BCUT2D eigenvalue weighted by molar-refractivity contribution is 8.00. The van der Waals surface area contributed by atoms with Gasteiger partial charge in [0.05, 0.1) is 11.7 Å².